The lowest BCUT2D eigenvalue weighted by molar-refractivity contribution is -0.269. The summed E-state index contributed by atoms with van der Waals surface area (Å²) in [5.41, 5.74) is 5.72. The molecule has 1 aliphatic rings. The first-order valence-electron chi connectivity index (χ1n) is 5.40. The minimum Gasteiger partial charge on any atom is -0.388 e. The molecule has 1 saturated heterocycles. The molecule has 4 N–H and O–H groups in total. The van der Waals surface area contributed by atoms with Crippen LogP contribution in [0.3, 0.4) is 0 Å². The summed E-state index contributed by atoms with van der Waals surface area (Å²) in [7, 11) is 0. The van der Waals surface area contributed by atoms with Gasteiger partial charge in [0.15, 0.2) is 6.29 Å². The average Bonchev–Trinajstić information content (AvgIpc) is 2.18. The molecule has 0 aromatic carbocycles. The molecule has 0 radical (unpaired) electrons. The Bertz CT molecular complexity index is 198. The van der Waals surface area contributed by atoms with Crippen molar-refractivity contribution in [3.05, 3.63) is 0 Å². The molecule has 1 fully saturated rings. The summed E-state index contributed by atoms with van der Waals surface area (Å²) in [6.45, 7) is 5.62. The van der Waals surface area contributed by atoms with Gasteiger partial charge >= 0.3 is 0 Å². The van der Waals surface area contributed by atoms with Crippen molar-refractivity contribution >= 4 is 0 Å². The van der Waals surface area contributed by atoms with Gasteiger partial charge in [-0.15, -0.1) is 0 Å². The smallest absolute Gasteiger partial charge is 0.175 e. The molecule has 1 aliphatic heterocycles. The molecule has 0 aliphatic carbocycles. The maximum atomic E-state index is 9.70. The molecule has 5 atom stereocenters. The minimum absolute atomic E-state index is 0.0269. The minimum atomic E-state index is -0.993. The van der Waals surface area contributed by atoms with E-state index in [0.717, 1.165) is 0 Å². The Morgan fingerprint density at radius 2 is 1.93 bits per heavy atom. The molecular weight excluding hydrogens is 198 g/mol. The second-order valence-electron chi connectivity index (χ2n) is 4.19. The van der Waals surface area contributed by atoms with Gasteiger partial charge in [0.05, 0.1) is 18.2 Å². The quantitative estimate of drug-likeness (QED) is 0.601. The van der Waals surface area contributed by atoms with E-state index in [4.69, 9.17) is 15.2 Å². The first kappa shape index (κ1) is 12.9. The van der Waals surface area contributed by atoms with Crippen LogP contribution in [0.1, 0.15) is 27.2 Å². The third-order valence-corrected chi connectivity index (χ3v) is 2.56. The number of aliphatic hydroxyl groups is 2. The normalized spacial score (nSPS) is 42.2. The average molecular weight is 219 g/mol. The zero-order valence-electron chi connectivity index (χ0n) is 9.46. The molecule has 90 valence electrons. The number of rotatable bonds is 3. The van der Waals surface area contributed by atoms with Gasteiger partial charge in [0.2, 0.25) is 0 Å². The van der Waals surface area contributed by atoms with E-state index in [9.17, 15) is 10.2 Å². The Kier molecular flexibility index (Phi) is 4.48. The number of hydrogen-bond acceptors (Lipinski definition) is 5. The molecule has 5 unspecified atom stereocenters. The van der Waals surface area contributed by atoms with Gasteiger partial charge in [-0.3, -0.25) is 0 Å². The van der Waals surface area contributed by atoms with Gasteiger partial charge in [-0.1, -0.05) is 6.92 Å². The molecule has 5 heteroatoms. The first-order valence-corrected chi connectivity index (χ1v) is 5.40. The van der Waals surface area contributed by atoms with Crippen molar-refractivity contribution in [3.8, 4) is 0 Å². The highest BCUT2D eigenvalue weighted by molar-refractivity contribution is 4.91. The summed E-state index contributed by atoms with van der Waals surface area (Å²) < 4.78 is 10.9. The number of ether oxygens (including phenoxy) is 2. The van der Waals surface area contributed by atoms with Gasteiger partial charge in [-0.25, -0.2) is 0 Å². The van der Waals surface area contributed by atoms with E-state index in [0.29, 0.717) is 6.42 Å². The first-order chi connectivity index (χ1) is 6.97. The molecule has 5 nitrogen and oxygen atoms in total. The standard InChI is InChI=1S/C10H21NO4/c1-4-6-8(12)9(13)7(11)10(15-6)14-5(2)3/h5-10,12-13H,4,11H2,1-3H3. The highest BCUT2D eigenvalue weighted by Crippen LogP contribution is 2.23. The van der Waals surface area contributed by atoms with E-state index in [-0.39, 0.29) is 6.10 Å². The van der Waals surface area contributed by atoms with Gasteiger partial charge in [-0.05, 0) is 20.3 Å². The fourth-order valence-corrected chi connectivity index (χ4v) is 1.68. The van der Waals surface area contributed by atoms with E-state index >= 15 is 0 Å². The second-order valence-corrected chi connectivity index (χ2v) is 4.19. The van der Waals surface area contributed by atoms with Crippen LogP contribution in [0.2, 0.25) is 0 Å². The Balaban J connectivity index is 2.65. The fraction of sp³-hybridized carbons (Fsp3) is 1.00. The number of aliphatic hydroxyl groups excluding tert-OH is 2. The maximum absolute atomic E-state index is 9.70. The zero-order valence-corrected chi connectivity index (χ0v) is 9.46. The molecule has 0 spiro atoms. The molecule has 1 rings (SSSR count). The van der Waals surface area contributed by atoms with Crippen LogP contribution in [0.5, 0.6) is 0 Å². The van der Waals surface area contributed by atoms with Gasteiger partial charge in [0.1, 0.15) is 12.2 Å². The Morgan fingerprint density at radius 3 is 2.40 bits per heavy atom. The Labute approximate surface area is 90.2 Å². The third-order valence-electron chi connectivity index (χ3n) is 2.56. The van der Waals surface area contributed by atoms with Crippen molar-refractivity contribution in [2.45, 2.75) is 63.9 Å². The molecule has 0 bridgehead atoms. The van der Waals surface area contributed by atoms with Crippen LogP contribution in [-0.2, 0) is 9.47 Å². The van der Waals surface area contributed by atoms with Gasteiger partial charge in [0.25, 0.3) is 0 Å². The molecule has 0 aromatic rings. The van der Waals surface area contributed by atoms with Crippen molar-refractivity contribution in [2.24, 2.45) is 5.73 Å². The molecular formula is C10H21NO4. The van der Waals surface area contributed by atoms with Crippen molar-refractivity contribution in [2.75, 3.05) is 0 Å². The predicted molar refractivity (Wildman–Crippen MR) is 55.2 cm³/mol. The van der Waals surface area contributed by atoms with E-state index in [1.807, 2.05) is 20.8 Å². The Hall–Kier alpha value is -0.200. The van der Waals surface area contributed by atoms with Gasteiger partial charge in [0, 0.05) is 0 Å². The lowest BCUT2D eigenvalue weighted by Gasteiger charge is -2.41. The van der Waals surface area contributed by atoms with E-state index < -0.39 is 30.6 Å². The highest BCUT2D eigenvalue weighted by atomic mass is 16.7. The van der Waals surface area contributed by atoms with Crippen LogP contribution in [-0.4, -0.2) is 47.0 Å². The largest absolute Gasteiger partial charge is 0.388 e. The van der Waals surface area contributed by atoms with E-state index in [2.05, 4.69) is 0 Å². The van der Waals surface area contributed by atoms with E-state index in [1.54, 1.807) is 0 Å². The lowest BCUT2D eigenvalue weighted by Crippen LogP contribution is -2.61. The number of nitrogens with two attached hydrogens (primary N) is 1. The SMILES string of the molecule is CCC1OC(OC(C)C)C(N)C(O)C1O. The summed E-state index contributed by atoms with van der Waals surface area (Å²) in [5.74, 6) is 0. The van der Waals surface area contributed by atoms with Crippen LogP contribution in [0.15, 0.2) is 0 Å². The molecule has 0 saturated carbocycles. The maximum Gasteiger partial charge on any atom is 0.175 e. The monoisotopic (exact) mass is 219 g/mol. The summed E-state index contributed by atoms with van der Waals surface area (Å²) >= 11 is 0. The zero-order chi connectivity index (χ0) is 11.6. The summed E-state index contributed by atoms with van der Waals surface area (Å²) in [6.07, 6.45) is -2.40. The molecule has 0 amide bonds. The van der Waals surface area contributed by atoms with Crippen molar-refractivity contribution < 1.29 is 19.7 Å². The summed E-state index contributed by atoms with van der Waals surface area (Å²) in [5, 5.41) is 19.3. The van der Waals surface area contributed by atoms with Gasteiger partial charge < -0.3 is 25.4 Å². The topological polar surface area (TPSA) is 84.9 Å². The van der Waals surface area contributed by atoms with Crippen LogP contribution in [0, 0.1) is 0 Å². The molecule has 0 aromatic heterocycles. The summed E-state index contributed by atoms with van der Waals surface area (Å²) in [4.78, 5) is 0. The van der Waals surface area contributed by atoms with Crippen LogP contribution in [0.25, 0.3) is 0 Å². The fourth-order valence-electron chi connectivity index (χ4n) is 1.68. The van der Waals surface area contributed by atoms with Crippen molar-refractivity contribution in [1.29, 1.82) is 0 Å². The van der Waals surface area contributed by atoms with Gasteiger partial charge in [-0.2, -0.15) is 0 Å². The van der Waals surface area contributed by atoms with Crippen molar-refractivity contribution in [1.82, 2.24) is 0 Å². The number of hydrogen-bond donors (Lipinski definition) is 3. The summed E-state index contributed by atoms with van der Waals surface area (Å²) in [6, 6.07) is -0.704. The second kappa shape index (κ2) is 5.23. The lowest BCUT2D eigenvalue weighted by atomic mass is 9.96. The van der Waals surface area contributed by atoms with Crippen LogP contribution in [0.4, 0.5) is 0 Å². The van der Waals surface area contributed by atoms with Crippen LogP contribution < -0.4 is 5.73 Å². The Morgan fingerprint density at radius 1 is 1.33 bits per heavy atom. The van der Waals surface area contributed by atoms with Crippen LogP contribution >= 0.6 is 0 Å². The highest BCUT2D eigenvalue weighted by Gasteiger charge is 2.42. The molecule has 1 heterocycles. The van der Waals surface area contributed by atoms with E-state index in [1.165, 1.54) is 0 Å². The third kappa shape index (κ3) is 2.89. The predicted octanol–water partition coefficient (Wildman–Crippen LogP) is -0.405. The molecule has 15 heavy (non-hydrogen) atoms. The van der Waals surface area contributed by atoms with Crippen molar-refractivity contribution in [3.63, 3.8) is 0 Å².